The van der Waals surface area contributed by atoms with Crippen molar-refractivity contribution >= 4 is 35.6 Å². The lowest BCUT2D eigenvalue weighted by molar-refractivity contribution is -0.150. The van der Waals surface area contributed by atoms with Gasteiger partial charge in [-0.3, -0.25) is 14.5 Å². The maximum atomic E-state index is 12.4. The van der Waals surface area contributed by atoms with Crippen LogP contribution in [0.25, 0.3) is 0 Å². The molecule has 148 valence electrons. The van der Waals surface area contributed by atoms with E-state index >= 15 is 0 Å². The Hall–Kier alpha value is -2.31. The number of likely N-dealkylation sites (tertiary alicyclic amines) is 1. The molecule has 3 rings (SSSR count). The second-order valence-corrected chi connectivity index (χ2v) is 7.90. The summed E-state index contributed by atoms with van der Waals surface area (Å²) in [5, 5.41) is 20.0. The molecule has 2 saturated heterocycles. The number of rotatable bonds is 6. The van der Waals surface area contributed by atoms with Gasteiger partial charge in [0.2, 0.25) is 11.8 Å². The minimum Gasteiger partial charge on any atom is -0.614 e. The van der Waals surface area contributed by atoms with Crippen LogP contribution in [0.5, 0.6) is 0 Å². The number of ether oxygens (including phenoxy) is 1. The molecular weight excluding hydrogens is 382 g/mol. The first kappa shape index (κ1) is 19.5. The molecular formula is C15H19N3O8S. The highest BCUT2D eigenvalue weighted by Crippen LogP contribution is 2.36. The summed E-state index contributed by atoms with van der Waals surface area (Å²) in [6, 6.07) is -1.38. The third-order valence-corrected chi connectivity index (χ3v) is 6.50. The van der Waals surface area contributed by atoms with Gasteiger partial charge >= 0.3 is 12.1 Å². The van der Waals surface area contributed by atoms with E-state index in [-0.39, 0.29) is 29.7 Å². The zero-order valence-corrected chi connectivity index (χ0v) is 15.0. The normalized spacial score (nSPS) is 29.9. The van der Waals surface area contributed by atoms with Crippen molar-refractivity contribution in [3.8, 4) is 0 Å². The Morgan fingerprint density at radius 1 is 1.44 bits per heavy atom. The Bertz CT molecular complexity index is 699. The molecule has 3 aliphatic heterocycles. The average molecular weight is 401 g/mol. The predicted octanol–water partition coefficient (Wildman–Crippen LogP) is -2.04. The molecule has 11 nitrogen and oxygen atoms in total. The van der Waals surface area contributed by atoms with Gasteiger partial charge in [0, 0.05) is 12.1 Å². The van der Waals surface area contributed by atoms with Crippen LogP contribution >= 0.6 is 0 Å². The highest BCUT2D eigenvalue weighted by Gasteiger charge is 2.60. The molecule has 0 spiro atoms. The second kappa shape index (κ2) is 7.74. The van der Waals surface area contributed by atoms with Crippen LogP contribution in [-0.2, 0) is 30.3 Å². The number of carboxylic acid groups (broad SMARTS) is 1. The van der Waals surface area contributed by atoms with Crippen LogP contribution < -0.4 is 5.32 Å². The average Bonchev–Trinajstić information content (AvgIpc) is 3.12. The minimum absolute atomic E-state index is 0.0584. The molecule has 3 aliphatic rings. The number of carbonyl (C=O) groups excluding carboxylic acids is 3. The lowest BCUT2D eigenvalue weighted by atomic mass is 10.0. The SMILES string of the molecule is O=CNC1C(=O)N2C(C(=O)O)=C(COC(=O)N3CCC[C@H]3CO)C[S+]([O-])[C@@H]12. The maximum absolute atomic E-state index is 12.4. The molecule has 3 N–H and O–H groups in total. The van der Waals surface area contributed by atoms with Crippen molar-refractivity contribution in [2.75, 3.05) is 25.5 Å². The predicted molar refractivity (Wildman–Crippen MR) is 89.5 cm³/mol. The summed E-state index contributed by atoms with van der Waals surface area (Å²) in [6.45, 7) is -0.201. The summed E-state index contributed by atoms with van der Waals surface area (Å²) < 4.78 is 17.6. The van der Waals surface area contributed by atoms with E-state index in [1.807, 2.05) is 0 Å². The number of carbonyl (C=O) groups is 4. The third kappa shape index (κ3) is 3.35. The summed E-state index contributed by atoms with van der Waals surface area (Å²) in [7, 11) is 0. The minimum atomic E-state index is -1.66. The molecule has 0 aromatic rings. The molecule has 12 heteroatoms. The van der Waals surface area contributed by atoms with Gasteiger partial charge in [0.1, 0.15) is 18.1 Å². The van der Waals surface area contributed by atoms with Gasteiger partial charge in [-0.05, 0) is 24.0 Å². The van der Waals surface area contributed by atoms with Gasteiger partial charge in [-0.1, -0.05) is 0 Å². The Balaban J connectivity index is 1.75. The van der Waals surface area contributed by atoms with E-state index in [2.05, 4.69) is 5.32 Å². The van der Waals surface area contributed by atoms with Crippen LogP contribution in [0.15, 0.2) is 11.3 Å². The van der Waals surface area contributed by atoms with E-state index in [9.17, 15) is 33.9 Å². The Labute approximate surface area is 157 Å². The smallest absolute Gasteiger partial charge is 0.410 e. The molecule has 3 amide bonds. The molecule has 2 fully saturated rings. The summed E-state index contributed by atoms with van der Waals surface area (Å²) in [5.41, 5.74) is -0.315. The number of aliphatic carboxylic acids is 1. The van der Waals surface area contributed by atoms with Gasteiger partial charge in [0.05, 0.1) is 12.6 Å². The van der Waals surface area contributed by atoms with Crippen molar-refractivity contribution in [3.63, 3.8) is 0 Å². The highest BCUT2D eigenvalue weighted by molar-refractivity contribution is 7.92. The number of fused-ring (bicyclic) bond motifs is 1. The van der Waals surface area contributed by atoms with Gasteiger partial charge < -0.3 is 29.7 Å². The lowest BCUT2D eigenvalue weighted by Gasteiger charge is -2.48. The zero-order chi connectivity index (χ0) is 19.7. The molecule has 0 saturated carbocycles. The molecule has 27 heavy (non-hydrogen) atoms. The summed E-state index contributed by atoms with van der Waals surface area (Å²) in [5.74, 6) is -2.28. The molecule has 0 aliphatic carbocycles. The molecule has 3 heterocycles. The largest absolute Gasteiger partial charge is 0.614 e. The van der Waals surface area contributed by atoms with Gasteiger partial charge in [0.25, 0.3) is 5.91 Å². The fraction of sp³-hybridized carbons (Fsp3) is 0.600. The van der Waals surface area contributed by atoms with E-state index in [0.29, 0.717) is 19.4 Å². The molecule has 0 aromatic heterocycles. The van der Waals surface area contributed by atoms with Crippen molar-refractivity contribution in [2.45, 2.75) is 30.3 Å². The van der Waals surface area contributed by atoms with Crippen LogP contribution in [0.2, 0.25) is 0 Å². The number of nitrogens with zero attached hydrogens (tertiary/aromatic N) is 2. The monoisotopic (exact) mass is 401 g/mol. The lowest BCUT2D eigenvalue weighted by Crippen LogP contribution is -2.74. The van der Waals surface area contributed by atoms with Crippen LogP contribution in [0.3, 0.4) is 0 Å². The Morgan fingerprint density at radius 2 is 2.19 bits per heavy atom. The topological polar surface area (TPSA) is 160 Å². The number of aliphatic hydroxyl groups excluding tert-OH is 1. The standard InChI is InChI=1S/C15H19N3O8S/c19-4-9-2-1-3-17(9)15(24)26-5-8-6-27(25)13-10(16-7-20)12(21)18(13)11(8)14(22)23/h7,9-10,13,19H,1-6H2,(H,16,20)(H,22,23)/t9-,10?,13-,27?/m0/s1. The van der Waals surface area contributed by atoms with Crippen molar-refractivity contribution in [2.24, 2.45) is 0 Å². The Kier molecular flexibility index (Phi) is 5.58. The van der Waals surface area contributed by atoms with E-state index in [1.54, 1.807) is 0 Å². The number of β-lactam (4-membered cyclic amide) rings is 1. The number of hydrogen-bond acceptors (Lipinski definition) is 7. The van der Waals surface area contributed by atoms with E-state index in [1.165, 1.54) is 4.90 Å². The summed E-state index contributed by atoms with van der Waals surface area (Å²) in [4.78, 5) is 48.8. The van der Waals surface area contributed by atoms with Crippen molar-refractivity contribution in [3.05, 3.63) is 11.3 Å². The van der Waals surface area contributed by atoms with E-state index in [4.69, 9.17) is 4.74 Å². The number of hydrogen-bond donors (Lipinski definition) is 3. The summed E-state index contributed by atoms with van der Waals surface area (Å²) >= 11 is -1.66. The third-order valence-electron chi connectivity index (χ3n) is 4.85. The van der Waals surface area contributed by atoms with Gasteiger partial charge in [0.15, 0.2) is 6.04 Å². The molecule has 4 atom stereocenters. The van der Waals surface area contributed by atoms with Crippen LogP contribution in [0, 0.1) is 0 Å². The highest BCUT2D eigenvalue weighted by atomic mass is 32.2. The number of nitrogens with one attached hydrogen (secondary N) is 1. The van der Waals surface area contributed by atoms with Gasteiger partial charge in [-0.15, -0.1) is 0 Å². The molecule has 0 bridgehead atoms. The first-order chi connectivity index (χ1) is 12.9. The van der Waals surface area contributed by atoms with E-state index in [0.717, 1.165) is 11.3 Å². The fourth-order valence-corrected chi connectivity index (χ4v) is 5.23. The van der Waals surface area contributed by atoms with Crippen molar-refractivity contribution in [1.82, 2.24) is 15.1 Å². The second-order valence-electron chi connectivity index (χ2n) is 6.37. The van der Waals surface area contributed by atoms with Crippen LogP contribution in [0.1, 0.15) is 12.8 Å². The Morgan fingerprint density at radius 3 is 2.81 bits per heavy atom. The first-order valence-corrected chi connectivity index (χ1v) is 9.68. The first-order valence-electron chi connectivity index (χ1n) is 8.30. The number of aliphatic hydroxyl groups is 1. The molecule has 0 aromatic carbocycles. The zero-order valence-electron chi connectivity index (χ0n) is 14.2. The molecule has 0 radical (unpaired) electrons. The van der Waals surface area contributed by atoms with Crippen molar-refractivity contribution < 1.29 is 38.7 Å². The number of amides is 3. The molecule has 2 unspecified atom stereocenters. The van der Waals surface area contributed by atoms with Crippen molar-refractivity contribution in [1.29, 1.82) is 0 Å². The van der Waals surface area contributed by atoms with Crippen LogP contribution in [0.4, 0.5) is 4.79 Å². The van der Waals surface area contributed by atoms with Gasteiger partial charge in [-0.2, -0.15) is 0 Å². The van der Waals surface area contributed by atoms with Gasteiger partial charge in [-0.25, -0.2) is 9.59 Å². The van der Waals surface area contributed by atoms with Crippen LogP contribution in [-0.4, -0.2) is 91.9 Å². The van der Waals surface area contributed by atoms with E-state index < -0.39 is 47.2 Å². The summed E-state index contributed by atoms with van der Waals surface area (Å²) in [6.07, 6.45) is 0.967. The number of carboxylic acids is 1. The fourth-order valence-electron chi connectivity index (χ4n) is 3.56. The quantitative estimate of drug-likeness (QED) is 0.261. The maximum Gasteiger partial charge on any atom is 0.410 e.